The Bertz CT molecular complexity index is 889. The molecule has 4 rings (SSSR count). The Labute approximate surface area is 145 Å². The van der Waals surface area contributed by atoms with Gasteiger partial charge >= 0.3 is 0 Å². The number of halogens is 1. The summed E-state index contributed by atoms with van der Waals surface area (Å²) >= 11 is 6.15. The summed E-state index contributed by atoms with van der Waals surface area (Å²) in [5, 5.41) is 16.2. The van der Waals surface area contributed by atoms with E-state index in [1.165, 1.54) is 11.3 Å². The third-order valence-corrected chi connectivity index (χ3v) is 4.90. The standard InChI is InChI=1S/C18H19ClN4O/c1-18(24,12-2-5-20-6-3-12)11-23-16-4-7-21-10-15(16)14-8-13(19)9-22-17(14)23/h2-3,5-6,8-9,21,24H,4,7,10-11H2,1H3. The Morgan fingerprint density at radius 2 is 2.17 bits per heavy atom. The topological polar surface area (TPSA) is 63.0 Å². The first-order valence-electron chi connectivity index (χ1n) is 8.05. The quantitative estimate of drug-likeness (QED) is 0.768. The molecule has 0 bridgehead atoms. The van der Waals surface area contributed by atoms with Crippen molar-refractivity contribution in [3.63, 3.8) is 0 Å². The largest absolute Gasteiger partial charge is 0.384 e. The highest BCUT2D eigenvalue weighted by Gasteiger charge is 2.28. The SMILES string of the molecule is CC(O)(Cn1c2c(c3cc(Cl)cnc31)CNCC2)c1ccncc1. The zero-order valence-corrected chi connectivity index (χ0v) is 14.2. The molecular weight excluding hydrogens is 324 g/mol. The number of aromatic nitrogens is 3. The van der Waals surface area contributed by atoms with E-state index in [4.69, 9.17) is 11.6 Å². The average molecular weight is 343 g/mol. The maximum atomic E-state index is 11.1. The van der Waals surface area contributed by atoms with Crippen molar-refractivity contribution in [2.75, 3.05) is 6.54 Å². The van der Waals surface area contributed by atoms with Gasteiger partial charge in [-0.3, -0.25) is 4.98 Å². The zero-order valence-electron chi connectivity index (χ0n) is 13.5. The predicted octanol–water partition coefficient (Wildman–Crippen LogP) is 2.64. The molecule has 5 nitrogen and oxygen atoms in total. The van der Waals surface area contributed by atoms with E-state index in [0.29, 0.717) is 11.6 Å². The van der Waals surface area contributed by atoms with Crippen LogP contribution in [0.2, 0.25) is 5.02 Å². The van der Waals surface area contributed by atoms with E-state index < -0.39 is 5.60 Å². The molecule has 0 aromatic carbocycles. The Kier molecular flexibility index (Phi) is 3.79. The van der Waals surface area contributed by atoms with Crippen LogP contribution in [0.15, 0.2) is 36.8 Å². The van der Waals surface area contributed by atoms with Crippen molar-refractivity contribution in [3.05, 3.63) is 58.6 Å². The molecule has 3 aromatic rings. The normalized spacial score (nSPS) is 16.8. The van der Waals surface area contributed by atoms with Gasteiger partial charge in [-0.05, 0) is 36.2 Å². The van der Waals surface area contributed by atoms with Crippen LogP contribution in [-0.4, -0.2) is 26.2 Å². The molecule has 2 N–H and O–H groups in total. The van der Waals surface area contributed by atoms with E-state index in [1.54, 1.807) is 18.6 Å². The summed E-state index contributed by atoms with van der Waals surface area (Å²) in [5.74, 6) is 0. The van der Waals surface area contributed by atoms with Crippen LogP contribution >= 0.6 is 11.6 Å². The summed E-state index contributed by atoms with van der Waals surface area (Å²) in [7, 11) is 0. The number of nitrogens with one attached hydrogen (secondary N) is 1. The zero-order chi connectivity index (χ0) is 16.7. The molecular formula is C18H19ClN4O. The molecule has 0 amide bonds. The van der Waals surface area contributed by atoms with E-state index in [1.807, 2.05) is 25.1 Å². The molecule has 1 atom stereocenters. The van der Waals surface area contributed by atoms with Gasteiger partial charge in [-0.1, -0.05) is 11.6 Å². The lowest BCUT2D eigenvalue weighted by molar-refractivity contribution is 0.0384. The minimum absolute atomic E-state index is 0.442. The van der Waals surface area contributed by atoms with Gasteiger partial charge in [-0.25, -0.2) is 4.98 Å². The van der Waals surface area contributed by atoms with Gasteiger partial charge in [0.1, 0.15) is 11.2 Å². The molecule has 3 aromatic heterocycles. The highest BCUT2D eigenvalue weighted by atomic mass is 35.5. The van der Waals surface area contributed by atoms with Gasteiger partial charge in [0.2, 0.25) is 0 Å². The molecule has 24 heavy (non-hydrogen) atoms. The summed E-state index contributed by atoms with van der Waals surface area (Å²) in [5.41, 5.74) is 3.18. The van der Waals surface area contributed by atoms with Crippen molar-refractivity contribution in [3.8, 4) is 0 Å². The highest BCUT2D eigenvalue weighted by Crippen LogP contribution is 2.32. The monoisotopic (exact) mass is 342 g/mol. The lowest BCUT2D eigenvalue weighted by atomic mass is 9.97. The maximum absolute atomic E-state index is 11.1. The molecule has 124 valence electrons. The lowest BCUT2D eigenvalue weighted by Crippen LogP contribution is -2.31. The number of fused-ring (bicyclic) bond motifs is 3. The highest BCUT2D eigenvalue weighted by molar-refractivity contribution is 6.31. The van der Waals surface area contributed by atoms with Crippen LogP contribution in [0.5, 0.6) is 0 Å². The molecule has 1 unspecified atom stereocenters. The van der Waals surface area contributed by atoms with Crippen molar-refractivity contribution in [2.45, 2.75) is 32.0 Å². The van der Waals surface area contributed by atoms with Crippen molar-refractivity contribution in [2.24, 2.45) is 0 Å². The van der Waals surface area contributed by atoms with Gasteiger partial charge in [0.15, 0.2) is 0 Å². The second-order valence-electron chi connectivity index (χ2n) is 6.47. The van der Waals surface area contributed by atoms with Gasteiger partial charge in [0.05, 0.1) is 11.6 Å². The molecule has 6 heteroatoms. The molecule has 0 saturated carbocycles. The van der Waals surface area contributed by atoms with Crippen LogP contribution in [-0.2, 0) is 25.1 Å². The Balaban J connectivity index is 1.85. The van der Waals surface area contributed by atoms with Crippen molar-refractivity contribution in [1.82, 2.24) is 19.9 Å². The number of hydrogen-bond acceptors (Lipinski definition) is 4. The van der Waals surface area contributed by atoms with E-state index >= 15 is 0 Å². The van der Waals surface area contributed by atoms with E-state index in [9.17, 15) is 5.11 Å². The fraction of sp³-hybridized carbons (Fsp3) is 0.333. The first-order valence-corrected chi connectivity index (χ1v) is 8.43. The summed E-state index contributed by atoms with van der Waals surface area (Å²) in [6, 6.07) is 5.67. The van der Waals surface area contributed by atoms with Gasteiger partial charge in [-0.15, -0.1) is 0 Å². The second-order valence-corrected chi connectivity index (χ2v) is 6.91. The number of pyridine rings is 2. The number of rotatable bonds is 3. The lowest BCUT2D eigenvalue weighted by Gasteiger charge is -2.27. The van der Waals surface area contributed by atoms with E-state index in [2.05, 4.69) is 19.9 Å². The van der Waals surface area contributed by atoms with Crippen molar-refractivity contribution in [1.29, 1.82) is 0 Å². The third kappa shape index (κ3) is 2.59. The van der Waals surface area contributed by atoms with Gasteiger partial charge in [0.25, 0.3) is 0 Å². The summed E-state index contributed by atoms with van der Waals surface area (Å²) in [6.07, 6.45) is 5.99. The maximum Gasteiger partial charge on any atom is 0.140 e. The summed E-state index contributed by atoms with van der Waals surface area (Å²) in [6.45, 7) is 4.00. The molecule has 0 spiro atoms. The third-order valence-electron chi connectivity index (χ3n) is 4.70. The molecule has 1 aliphatic rings. The van der Waals surface area contributed by atoms with E-state index in [0.717, 1.165) is 36.1 Å². The Morgan fingerprint density at radius 3 is 2.96 bits per heavy atom. The fourth-order valence-corrected chi connectivity index (χ4v) is 3.66. The second kappa shape index (κ2) is 5.84. The van der Waals surface area contributed by atoms with Gasteiger partial charge in [-0.2, -0.15) is 0 Å². The first-order chi connectivity index (χ1) is 11.6. The summed E-state index contributed by atoms with van der Waals surface area (Å²) < 4.78 is 2.14. The molecule has 0 fully saturated rings. The van der Waals surface area contributed by atoms with Crippen LogP contribution in [0.1, 0.15) is 23.7 Å². The first kappa shape index (κ1) is 15.6. The molecule has 0 aliphatic carbocycles. The Hall–Kier alpha value is -1.95. The van der Waals surface area contributed by atoms with Crippen molar-refractivity contribution < 1.29 is 5.11 Å². The van der Waals surface area contributed by atoms with Crippen LogP contribution in [0.25, 0.3) is 11.0 Å². The van der Waals surface area contributed by atoms with Gasteiger partial charge < -0.3 is 15.0 Å². The number of nitrogens with zero attached hydrogens (tertiary/aromatic N) is 3. The summed E-state index contributed by atoms with van der Waals surface area (Å²) in [4.78, 5) is 8.58. The van der Waals surface area contributed by atoms with Crippen LogP contribution in [0.3, 0.4) is 0 Å². The molecule has 0 saturated heterocycles. The van der Waals surface area contributed by atoms with Crippen LogP contribution < -0.4 is 5.32 Å². The minimum atomic E-state index is -1.01. The van der Waals surface area contributed by atoms with Crippen LogP contribution in [0.4, 0.5) is 0 Å². The fourth-order valence-electron chi connectivity index (χ4n) is 3.50. The molecule has 4 heterocycles. The Morgan fingerprint density at radius 1 is 1.38 bits per heavy atom. The predicted molar refractivity (Wildman–Crippen MR) is 94.0 cm³/mol. The molecule has 1 aliphatic heterocycles. The number of aliphatic hydroxyl groups is 1. The van der Waals surface area contributed by atoms with Crippen LogP contribution in [0, 0.1) is 0 Å². The smallest absolute Gasteiger partial charge is 0.140 e. The van der Waals surface area contributed by atoms with Crippen molar-refractivity contribution >= 4 is 22.6 Å². The average Bonchev–Trinajstić information content (AvgIpc) is 2.89. The number of hydrogen-bond donors (Lipinski definition) is 2. The van der Waals surface area contributed by atoms with E-state index in [-0.39, 0.29) is 0 Å². The minimum Gasteiger partial charge on any atom is -0.384 e. The molecule has 0 radical (unpaired) electrons. The van der Waals surface area contributed by atoms with Gasteiger partial charge in [0, 0.05) is 49.2 Å².